The summed E-state index contributed by atoms with van der Waals surface area (Å²) in [4.78, 5) is 6.37. The zero-order valence-corrected chi connectivity index (χ0v) is 12.5. The number of nitrogens with two attached hydrogens (primary N) is 1. The number of hydrogen-bond donors (Lipinski definition) is 2. The van der Waals surface area contributed by atoms with Crippen molar-refractivity contribution in [1.29, 1.82) is 0 Å². The summed E-state index contributed by atoms with van der Waals surface area (Å²) in [7, 11) is 4.12. The monoisotopic (exact) mass is 328 g/mol. The normalized spacial score (nSPS) is 11.3. The summed E-state index contributed by atoms with van der Waals surface area (Å²) in [5.41, 5.74) is 5.66. The first-order valence-electron chi connectivity index (χ1n) is 5.35. The van der Waals surface area contributed by atoms with Crippen LogP contribution in [0.25, 0.3) is 0 Å². The molecule has 0 aliphatic rings. The molecule has 0 aromatic heterocycles. The molecular formula is C10H25IN4. The summed E-state index contributed by atoms with van der Waals surface area (Å²) >= 11 is 0. The molecule has 0 rings (SSSR count). The van der Waals surface area contributed by atoms with Gasteiger partial charge < -0.3 is 16.0 Å². The number of nitrogens with zero attached hydrogens (tertiary/aromatic N) is 2. The lowest BCUT2D eigenvalue weighted by Crippen LogP contribution is -2.32. The van der Waals surface area contributed by atoms with Gasteiger partial charge in [0.15, 0.2) is 5.96 Å². The highest BCUT2D eigenvalue weighted by atomic mass is 127. The third-order valence-corrected chi connectivity index (χ3v) is 1.88. The summed E-state index contributed by atoms with van der Waals surface area (Å²) in [5.74, 6) is 0.581. The van der Waals surface area contributed by atoms with Crippen LogP contribution in [0.1, 0.15) is 26.2 Å². The standard InChI is InChI=1S/C10H24N4.HI/c1-4-5-7-12-10(11)13-8-6-9-14(2)3;/h4-9H2,1-3H3,(H3,11,12,13);1H. The summed E-state index contributed by atoms with van der Waals surface area (Å²) in [6.45, 7) is 4.96. The van der Waals surface area contributed by atoms with Gasteiger partial charge in [0.25, 0.3) is 0 Å². The molecule has 4 nitrogen and oxygen atoms in total. The van der Waals surface area contributed by atoms with Crippen LogP contribution in [0.4, 0.5) is 0 Å². The summed E-state index contributed by atoms with van der Waals surface area (Å²) in [6, 6.07) is 0. The van der Waals surface area contributed by atoms with Gasteiger partial charge in [0.05, 0.1) is 0 Å². The maximum absolute atomic E-state index is 5.66. The minimum atomic E-state index is 0. The van der Waals surface area contributed by atoms with Crippen molar-refractivity contribution < 1.29 is 0 Å². The van der Waals surface area contributed by atoms with Crippen molar-refractivity contribution in [3.05, 3.63) is 0 Å². The van der Waals surface area contributed by atoms with Crippen LogP contribution in [0, 0.1) is 0 Å². The van der Waals surface area contributed by atoms with Crippen molar-refractivity contribution in [3.8, 4) is 0 Å². The fourth-order valence-corrected chi connectivity index (χ4v) is 1.04. The molecule has 0 radical (unpaired) electrons. The fraction of sp³-hybridized carbons (Fsp3) is 0.900. The van der Waals surface area contributed by atoms with Gasteiger partial charge in [-0.05, 0) is 33.5 Å². The van der Waals surface area contributed by atoms with Crippen LogP contribution in [-0.2, 0) is 0 Å². The molecule has 0 bridgehead atoms. The molecule has 0 fully saturated rings. The Morgan fingerprint density at radius 2 is 2.00 bits per heavy atom. The molecule has 92 valence electrons. The topological polar surface area (TPSA) is 53.6 Å². The van der Waals surface area contributed by atoms with Crippen LogP contribution in [0.15, 0.2) is 4.99 Å². The van der Waals surface area contributed by atoms with Crippen LogP contribution in [-0.4, -0.2) is 44.6 Å². The first-order valence-corrected chi connectivity index (χ1v) is 5.35. The average molecular weight is 328 g/mol. The van der Waals surface area contributed by atoms with E-state index in [9.17, 15) is 0 Å². The number of unbranched alkanes of at least 4 members (excludes halogenated alkanes) is 1. The average Bonchev–Trinajstić information content (AvgIpc) is 2.13. The van der Waals surface area contributed by atoms with Crippen molar-refractivity contribution in [1.82, 2.24) is 10.2 Å². The number of rotatable bonds is 7. The Morgan fingerprint density at radius 1 is 1.33 bits per heavy atom. The summed E-state index contributed by atoms with van der Waals surface area (Å²) < 4.78 is 0. The molecule has 3 N–H and O–H groups in total. The number of aliphatic imine (C=N–C) groups is 1. The molecule has 0 spiro atoms. The van der Waals surface area contributed by atoms with Gasteiger partial charge in [0.1, 0.15) is 0 Å². The van der Waals surface area contributed by atoms with Gasteiger partial charge in [0.2, 0.25) is 0 Å². The third-order valence-electron chi connectivity index (χ3n) is 1.88. The highest BCUT2D eigenvalue weighted by Crippen LogP contribution is 1.85. The number of guanidine groups is 1. The molecule has 0 atom stereocenters. The van der Waals surface area contributed by atoms with Crippen LogP contribution in [0.5, 0.6) is 0 Å². The molecule has 15 heavy (non-hydrogen) atoms. The van der Waals surface area contributed by atoms with Crippen LogP contribution in [0.3, 0.4) is 0 Å². The molecule has 0 saturated carbocycles. The Morgan fingerprint density at radius 3 is 2.53 bits per heavy atom. The molecule has 0 unspecified atom stereocenters. The molecule has 0 saturated heterocycles. The van der Waals surface area contributed by atoms with E-state index in [-0.39, 0.29) is 24.0 Å². The second-order valence-corrected chi connectivity index (χ2v) is 3.70. The Kier molecular flexibility index (Phi) is 13.9. The lowest BCUT2D eigenvalue weighted by Gasteiger charge is -2.08. The fourth-order valence-electron chi connectivity index (χ4n) is 1.04. The lowest BCUT2D eigenvalue weighted by molar-refractivity contribution is 0.403. The SMILES string of the molecule is CCCCNC(N)=NCCCN(C)C.I. The third kappa shape index (κ3) is 14.0. The summed E-state index contributed by atoms with van der Waals surface area (Å²) in [5, 5.41) is 3.09. The van der Waals surface area contributed by atoms with Crippen LogP contribution in [0.2, 0.25) is 0 Å². The maximum Gasteiger partial charge on any atom is 0.188 e. The summed E-state index contributed by atoms with van der Waals surface area (Å²) in [6.07, 6.45) is 3.39. The first kappa shape index (κ1) is 17.4. The van der Waals surface area contributed by atoms with Crippen molar-refractivity contribution in [2.45, 2.75) is 26.2 Å². The second-order valence-electron chi connectivity index (χ2n) is 3.70. The molecule has 0 aromatic rings. The van der Waals surface area contributed by atoms with Gasteiger partial charge in [-0.3, -0.25) is 4.99 Å². The zero-order chi connectivity index (χ0) is 10.8. The van der Waals surface area contributed by atoms with Gasteiger partial charge in [-0.25, -0.2) is 0 Å². The predicted molar refractivity (Wildman–Crippen MR) is 78.0 cm³/mol. The van der Waals surface area contributed by atoms with Crippen molar-refractivity contribution in [2.75, 3.05) is 33.7 Å². The Labute approximate surface area is 111 Å². The van der Waals surface area contributed by atoms with Crippen molar-refractivity contribution >= 4 is 29.9 Å². The van der Waals surface area contributed by atoms with E-state index in [1.807, 2.05) is 0 Å². The van der Waals surface area contributed by atoms with Gasteiger partial charge in [-0.15, -0.1) is 24.0 Å². The van der Waals surface area contributed by atoms with E-state index in [4.69, 9.17) is 5.73 Å². The maximum atomic E-state index is 5.66. The second kappa shape index (κ2) is 12.0. The molecule has 0 heterocycles. The van der Waals surface area contributed by atoms with Gasteiger partial charge >= 0.3 is 0 Å². The minimum absolute atomic E-state index is 0. The van der Waals surface area contributed by atoms with E-state index >= 15 is 0 Å². The van der Waals surface area contributed by atoms with Crippen molar-refractivity contribution in [2.24, 2.45) is 10.7 Å². The van der Waals surface area contributed by atoms with Gasteiger partial charge in [-0.2, -0.15) is 0 Å². The number of hydrogen-bond acceptors (Lipinski definition) is 2. The van der Waals surface area contributed by atoms with Crippen LogP contribution >= 0.6 is 24.0 Å². The van der Waals surface area contributed by atoms with E-state index in [0.29, 0.717) is 5.96 Å². The minimum Gasteiger partial charge on any atom is -0.370 e. The predicted octanol–water partition coefficient (Wildman–Crippen LogP) is 1.26. The highest BCUT2D eigenvalue weighted by Gasteiger charge is 1.91. The molecule has 5 heteroatoms. The van der Waals surface area contributed by atoms with Gasteiger partial charge in [0, 0.05) is 13.1 Å². The van der Waals surface area contributed by atoms with E-state index < -0.39 is 0 Å². The zero-order valence-electron chi connectivity index (χ0n) is 10.1. The Balaban J connectivity index is 0. The first-order chi connectivity index (χ1) is 6.66. The van der Waals surface area contributed by atoms with Crippen LogP contribution < -0.4 is 11.1 Å². The molecular weight excluding hydrogens is 303 g/mol. The number of nitrogens with one attached hydrogen (secondary N) is 1. The van der Waals surface area contributed by atoms with Crippen molar-refractivity contribution in [3.63, 3.8) is 0 Å². The Hall–Kier alpha value is -0.0400. The molecule has 0 amide bonds. The number of halogens is 1. The largest absolute Gasteiger partial charge is 0.370 e. The lowest BCUT2D eigenvalue weighted by atomic mass is 10.3. The molecule has 0 aromatic carbocycles. The molecule has 0 aliphatic heterocycles. The smallest absolute Gasteiger partial charge is 0.188 e. The van der Waals surface area contributed by atoms with E-state index in [0.717, 1.165) is 32.5 Å². The van der Waals surface area contributed by atoms with E-state index in [1.165, 1.54) is 6.42 Å². The quantitative estimate of drug-likeness (QED) is 0.320. The van der Waals surface area contributed by atoms with E-state index in [2.05, 4.69) is 36.2 Å². The molecule has 0 aliphatic carbocycles. The highest BCUT2D eigenvalue weighted by molar-refractivity contribution is 14.0. The van der Waals surface area contributed by atoms with Gasteiger partial charge in [-0.1, -0.05) is 13.3 Å². The van der Waals surface area contributed by atoms with E-state index in [1.54, 1.807) is 0 Å². The Bertz CT molecular complexity index is 160.